The molecule has 1 heterocycles. The maximum absolute atomic E-state index is 12.5. The third-order valence-electron chi connectivity index (χ3n) is 4.28. The van der Waals surface area contributed by atoms with Crippen LogP contribution in [-0.2, 0) is 9.59 Å². The number of fused-ring (bicyclic) bond motifs is 1. The van der Waals surface area contributed by atoms with Gasteiger partial charge in [-0.2, -0.15) is 0 Å². The van der Waals surface area contributed by atoms with E-state index < -0.39 is 52.7 Å². The summed E-state index contributed by atoms with van der Waals surface area (Å²) in [6, 6.07) is 0. The molecule has 8 nitrogen and oxygen atoms in total. The summed E-state index contributed by atoms with van der Waals surface area (Å²) in [6.45, 7) is 0. The molecule has 3 rings (SSSR count). The molecular formula is C11H13ClF2N4O4S. The van der Waals surface area contributed by atoms with Crippen molar-refractivity contribution < 1.29 is 28.6 Å². The minimum Gasteiger partial charge on any atom is -0.481 e. The Morgan fingerprint density at radius 3 is 2.52 bits per heavy atom. The third kappa shape index (κ3) is 2.76. The smallest absolute Gasteiger partial charge is 0.324 e. The molecule has 2 fully saturated rings. The summed E-state index contributed by atoms with van der Waals surface area (Å²) in [7, 11) is 0. The maximum Gasteiger partial charge on any atom is 0.324 e. The molecule has 0 radical (unpaired) electrons. The average molecular weight is 371 g/mol. The normalized spacial score (nSPS) is 34.8. The van der Waals surface area contributed by atoms with Crippen molar-refractivity contribution >= 4 is 36.1 Å². The lowest BCUT2D eigenvalue weighted by atomic mass is 9.91. The summed E-state index contributed by atoms with van der Waals surface area (Å²) in [4.78, 5) is 24.9. The van der Waals surface area contributed by atoms with Gasteiger partial charge >= 0.3 is 11.9 Å². The molecule has 5 atom stereocenters. The van der Waals surface area contributed by atoms with Crippen molar-refractivity contribution in [2.75, 3.05) is 0 Å². The number of H-pyrrole nitrogens is 1. The molecule has 1 aromatic rings. The van der Waals surface area contributed by atoms with E-state index in [1.807, 2.05) is 0 Å². The van der Waals surface area contributed by atoms with Gasteiger partial charge in [0.15, 0.2) is 11.0 Å². The molecule has 0 unspecified atom stereocenters. The van der Waals surface area contributed by atoms with E-state index in [0.717, 1.165) is 11.8 Å². The fraction of sp³-hybridized carbons (Fsp3) is 0.636. The first-order valence-electron chi connectivity index (χ1n) is 6.38. The monoisotopic (exact) mass is 370 g/mol. The van der Waals surface area contributed by atoms with Gasteiger partial charge in [0.2, 0.25) is 0 Å². The summed E-state index contributed by atoms with van der Waals surface area (Å²) < 4.78 is 24.9. The lowest BCUT2D eigenvalue weighted by molar-refractivity contribution is -0.145. The van der Waals surface area contributed by atoms with E-state index in [1.54, 1.807) is 0 Å². The van der Waals surface area contributed by atoms with Gasteiger partial charge in [0.25, 0.3) is 6.43 Å². The second-order valence-electron chi connectivity index (χ2n) is 5.49. The van der Waals surface area contributed by atoms with E-state index in [-0.39, 0.29) is 24.0 Å². The second-order valence-corrected chi connectivity index (χ2v) is 6.72. The highest BCUT2D eigenvalue weighted by molar-refractivity contribution is 7.99. The van der Waals surface area contributed by atoms with E-state index in [0.29, 0.717) is 0 Å². The summed E-state index contributed by atoms with van der Waals surface area (Å²) in [5.41, 5.74) is 4.26. The molecule has 12 heteroatoms. The number of nitrogens with one attached hydrogen (secondary N) is 1. The first-order valence-corrected chi connectivity index (χ1v) is 7.26. The second kappa shape index (κ2) is 5.87. The van der Waals surface area contributed by atoms with Crippen LogP contribution in [0.4, 0.5) is 8.78 Å². The first-order chi connectivity index (χ1) is 10.3. The number of halogens is 3. The average Bonchev–Trinajstić information content (AvgIpc) is 2.90. The highest BCUT2D eigenvalue weighted by atomic mass is 35.5. The Morgan fingerprint density at radius 2 is 2.04 bits per heavy atom. The predicted octanol–water partition coefficient (Wildman–Crippen LogP) is 0.757. The molecule has 2 saturated carbocycles. The Balaban J connectivity index is 0.00000192. The van der Waals surface area contributed by atoms with Gasteiger partial charge in [-0.3, -0.25) is 9.59 Å². The number of aliphatic carboxylic acids is 2. The third-order valence-corrected chi connectivity index (χ3v) is 5.47. The van der Waals surface area contributed by atoms with Crippen LogP contribution in [0.3, 0.4) is 0 Å². The molecule has 2 aliphatic rings. The number of alkyl halides is 2. The largest absolute Gasteiger partial charge is 0.481 e. The van der Waals surface area contributed by atoms with Gasteiger partial charge in [-0.1, -0.05) is 11.8 Å². The van der Waals surface area contributed by atoms with Gasteiger partial charge in [0, 0.05) is 11.2 Å². The summed E-state index contributed by atoms with van der Waals surface area (Å²) in [5.74, 6) is -4.83. The lowest BCUT2D eigenvalue weighted by Gasteiger charge is -2.23. The minimum atomic E-state index is -2.79. The number of nitrogens with zero attached hydrogens (tertiary/aromatic N) is 2. The van der Waals surface area contributed by atoms with Crippen molar-refractivity contribution in [3.05, 3.63) is 5.82 Å². The van der Waals surface area contributed by atoms with Crippen molar-refractivity contribution in [2.24, 2.45) is 23.5 Å². The number of carboxylic acids is 2. The van der Waals surface area contributed by atoms with Crippen molar-refractivity contribution in [1.29, 1.82) is 0 Å². The Bertz CT molecular complexity index is 647. The SMILES string of the molecule is Cl.N[C@@]1(C(=O)O)C[C@H](Sc2nnc(C(F)F)[nH]2)[C@H]2[C@H](C(=O)O)[C@H]21. The molecule has 2 aliphatic carbocycles. The zero-order valence-electron chi connectivity index (χ0n) is 11.3. The Morgan fingerprint density at radius 1 is 1.39 bits per heavy atom. The molecule has 5 N–H and O–H groups in total. The highest BCUT2D eigenvalue weighted by Gasteiger charge is 2.74. The molecule has 0 aromatic carbocycles. The molecule has 0 aliphatic heterocycles. The fourth-order valence-electron chi connectivity index (χ4n) is 3.29. The Kier molecular flexibility index (Phi) is 4.57. The van der Waals surface area contributed by atoms with Gasteiger partial charge in [0.05, 0.1) is 5.92 Å². The quantitative estimate of drug-likeness (QED) is 0.595. The van der Waals surface area contributed by atoms with E-state index >= 15 is 0 Å². The number of hydrogen-bond acceptors (Lipinski definition) is 6. The number of carbonyl (C=O) groups is 2. The summed E-state index contributed by atoms with van der Waals surface area (Å²) >= 11 is 1.01. The molecule has 23 heavy (non-hydrogen) atoms. The van der Waals surface area contributed by atoms with Crippen LogP contribution in [0.25, 0.3) is 0 Å². The zero-order valence-corrected chi connectivity index (χ0v) is 13.0. The van der Waals surface area contributed by atoms with Gasteiger partial charge in [-0.25, -0.2) is 8.78 Å². The first kappa shape index (κ1) is 17.9. The van der Waals surface area contributed by atoms with Crippen LogP contribution in [0.1, 0.15) is 18.7 Å². The van der Waals surface area contributed by atoms with Crippen LogP contribution in [0.15, 0.2) is 5.16 Å². The number of aromatic amines is 1. The van der Waals surface area contributed by atoms with E-state index in [1.165, 1.54) is 0 Å². The highest BCUT2D eigenvalue weighted by Crippen LogP contribution is 2.65. The van der Waals surface area contributed by atoms with Gasteiger partial charge in [0.1, 0.15) is 5.54 Å². The van der Waals surface area contributed by atoms with Gasteiger partial charge < -0.3 is 20.9 Å². The van der Waals surface area contributed by atoms with Crippen molar-refractivity contribution in [2.45, 2.75) is 28.8 Å². The number of carboxylic acid groups (broad SMARTS) is 2. The van der Waals surface area contributed by atoms with Crippen LogP contribution in [0, 0.1) is 17.8 Å². The van der Waals surface area contributed by atoms with Gasteiger partial charge in [-0.15, -0.1) is 22.6 Å². The van der Waals surface area contributed by atoms with Crippen molar-refractivity contribution in [1.82, 2.24) is 15.2 Å². The molecule has 0 spiro atoms. The Hall–Kier alpha value is -1.46. The lowest BCUT2D eigenvalue weighted by Crippen LogP contribution is -2.50. The number of nitrogens with two attached hydrogens (primary N) is 1. The number of hydrogen-bond donors (Lipinski definition) is 4. The van der Waals surface area contributed by atoms with Crippen LogP contribution in [-0.4, -0.2) is 48.1 Å². The molecular weight excluding hydrogens is 358 g/mol. The van der Waals surface area contributed by atoms with Crippen LogP contribution in [0.2, 0.25) is 0 Å². The van der Waals surface area contributed by atoms with Crippen molar-refractivity contribution in [3.8, 4) is 0 Å². The molecule has 128 valence electrons. The number of thioether (sulfide) groups is 1. The van der Waals surface area contributed by atoms with Crippen LogP contribution >= 0.6 is 24.2 Å². The zero-order chi connectivity index (χ0) is 16.2. The van der Waals surface area contributed by atoms with Crippen molar-refractivity contribution in [3.63, 3.8) is 0 Å². The molecule has 0 bridgehead atoms. The summed E-state index contributed by atoms with van der Waals surface area (Å²) in [6.07, 6.45) is -2.74. The Labute approximate surface area is 138 Å². The maximum atomic E-state index is 12.5. The van der Waals surface area contributed by atoms with Gasteiger partial charge in [-0.05, 0) is 12.3 Å². The summed E-state index contributed by atoms with van der Waals surface area (Å²) in [5, 5.41) is 24.9. The standard InChI is InChI=1S/C11H12F2N4O4S.ClH/c12-6(13)7-15-10(17-16-7)22-2-1-11(14,9(20)21)5-3(2)4(5)8(18)19;/h2-6H,1,14H2,(H,18,19)(H,20,21)(H,15,16,17);1H/t2-,3-,4-,5-,11-;/m0./s1. The predicted molar refractivity (Wildman–Crippen MR) is 75.5 cm³/mol. The van der Waals surface area contributed by atoms with E-state index in [2.05, 4.69) is 15.2 Å². The number of rotatable bonds is 5. The fourth-order valence-corrected chi connectivity index (χ4v) is 4.68. The topological polar surface area (TPSA) is 142 Å². The van der Waals surface area contributed by atoms with E-state index in [9.17, 15) is 23.5 Å². The van der Waals surface area contributed by atoms with Crippen LogP contribution < -0.4 is 5.73 Å². The van der Waals surface area contributed by atoms with Crippen LogP contribution in [0.5, 0.6) is 0 Å². The molecule has 1 aromatic heterocycles. The molecule has 0 saturated heterocycles. The minimum absolute atomic E-state index is 0. The molecule has 0 amide bonds. The number of aromatic nitrogens is 3. The van der Waals surface area contributed by atoms with E-state index in [4.69, 9.17) is 10.8 Å².